The van der Waals surface area contributed by atoms with E-state index < -0.39 is 6.10 Å². The molecule has 0 aliphatic carbocycles. The molecule has 0 aromatic heterocycles. The minimum Gasteiger partial charge on any atom is -0.389 e. The van der Waals surface area contributed by atoms with Gasteiger partial charge in [-0.15, -0.1) is 0 Å². The number of ether oxygens (including phenoxy) is 2. The van der Waals surface area contributed by atoms with Crippen molar-refractivity contribution in [3.05, 3.63) is 26.8 Å². The van der Waals surface area contributed by atoms with Gasteiger partial charge < -0.3 is 19.9 Å². The Morgan fingerprint density at radius 3 is 2.79 bits per heavy atom. The maximum Gasteiger partial charge on any atom is 0.0945 e. The molecule has 4 nitrogen and oxygen atoms in total. The molecule has 0 radical (unpaired) electrons. The molecule has 0 fully saturated rings. The lowest BCUT2D eigenvalue weighted by Crippen LogP contribution is -2.28. The van der Waals surface area contributed by atoms with E-state index in [4.69, 9.17) is 21.1 Å². The van der Waals surface area contributed by atoms with Crippen molar-refractivity contribution in [1.29, 1.82) is 0 Å². The van der Waals surface area contributed by atoms with Gasteiger partial charge in [-0.3, -0.25) is 0 Å². The first-order valence-corrected chi connectivity index (χ1v) is 7.46. The molecular weight excluding hydrogens is 381 g/mol. The zero-order chi connectivity index (χ0) is 14.3. The number of aliphatic hydroxyl groups excluding tert-OH is 1. The second-order valence-electron chi connectivity index (χ2n) is 4.26. The Balaban J connectivity index is 2.31. The lowest BCUT2D eigenvalue weighted by atomic mass is 10.3. The molecule has 1 rings (SSSR count). The van der Waals surface area contributed by atoms with Crippen LogP contribution in [0.5, 0.6) is 0 Å². The predicted octanol–water partition coefficient (Wildman–Crippen LogP) is 2.77. The maximum absolute atomic E-state index is 9.80. The van der Waals surface area contributed by atoms with Crippen molar-refractivity contribution in [1.82, 2.24) is 0 Å². The average molecular weight is 400 g/mol. The van der Waals surface area contributed by atoms with Gasteiger partial charge in [0.2, 0.25) is 0 Å². The lowest BCUT2D eigenvalue weighted by Gasteiger charge is -2.17. The van der Waals surface area contributed by atoms with Crippen molar-refractivity contribution in [2.24, 2.45) is 0 Å². The van der Waals surface area contributed by atoms with Gasteiger partial charge in [0.1, 0.15) is 0 Å². The fourth-order valence-electron chi connectivity index (χ4n) is 1.48. The quantitative estimate of drug-likeness (QED) is 0.660. The molecule has 108 valence electrons. The highest BCUT2D eigenvalue weighted by atomic mass is 127. The second kappa shape index (κ2) is 8.97. The molecule has 2 N–H and O–H groups in total. The molecule has 19 heavy (non-hydrogen) atoms. The monoisotopic (exact) mass is 399 g/mol. The van der Waals surface area contributed by atoms with Gasteiger partial charge in [-0.05, 0) is 47.7 Å². The van der Waals surface area contributed by atoms with E-state index in [9.17, 15) is 5.11 Å². The third-order valence-electron chi connectivity index (χ3n) is 2.43. The Morgan fingerprint density at radius 1 is 1.42 bits per heavy atom. The van der Waals surface area contributed by atoms with Gasteiger partial charge in [0, 0.05) is 17.2 Å². The molecule has 6 heteroatoms. The number of methoxy groups -OCH3 is 1. The second-order valence-corrected chi connectivity index (χ2v) is 5.91. The average Bonchev–Trinajstić information content (AvgIpc) is 2.35. The van der Waals surface area contributed by atoms with Crippen LogP contribution in [-0.4, -0.2) is 44.2 Å². The number of hydrogen-bond acceptors (Lipinski definition) is 4. The fourth-order valence-corrected chi connectivity index (χ4v) is 2.40. The van der Waals surface area contributed by atoms with Crippen molar-refractivity contribution < 1.29 is 14.6 Å². The fraction of sp³-hybridized carbons (Fsp3) is 0.538. The molecule has 0 heterocycles. The van der Waals surface area contributed by atoms with Gasteiger partial charge in [-0.1, -0.05) is 11.6 Å². The molecule has 0 amide bonds. The van der Waals surface area contributed by atoms with E-state index in [1.54, 1.807) is 7.11 Å². The summed E-state index contributed by atoms with van der Waals surface area (Å²) < 4.78 is 11.5. The van der Waals surface area contributed by atoms with Gasteiger partial charge in [0.05, 0.1) is 36.1 Å². The number of nitrogens with one attached hydrogen (secondary N) is 1. The first-order valence-electron chi connectivity index (χ1n) is 6.00. The van der Waals surface area contributed by atoms with E-state index in [1.807, 2.05) is 25.1 Å². The first kappa shape index (κ1) is 17.0. The van der Waals surface area contributed by atoms with Crippen molar-refractivity contribution in [2.75, 3.05) is 32.2 Å². The van der Waals surface area contributed by atoms with Gasteiger partial charge in [0.15, 0.2) is 0 Å². The topological polar surface area (TPSA) is 50.7 Å². The summed E-state index contributed by atoms with van der Waals surface area (Å²) in [6, 6.07) is 5.72. The summed E-state index contributed by atoms with van der Waals surface area (Å²) in [6.07, 6.45) is -0.615. The molecule has 1 aromatic carbocycles. The Labute approximate surface area is 132 Å². The van der Waals surface area contributed by atoms with Crippen LogP contribution in [0.1, 0.15) is 6.92 Å². The van der Waals surface area contributed by atoms with E-state index in [2.05, 4.69) is 27.9 Å². The first-order chi connectivity index (χ1) is 9.02. The number of benzene rings is 1. The highest BCUT2D eigenvalue weighted by Gasteiger charge is 2.09. The summed E-state index contributed by atoms with van der Waals surface area (Å²) in [5.74, 6) is 0. The highest BCUT2D eigenvalue weighted by molar-refractivity contribution is 14.1. The van der Waals surface area contributed by atoms with E-state index in [0.29, 0.717) is 18.2 Å². The standard InChI is InChI=1S/C13H19ClINO3/c1-9(7-18-2)19-8-11(17)6-16-13-4-3-10(15)5-12(13)14/h3-5,9,11,16-17H,6-8H2,1-2H3. The molecular formula is C13H19ClINO3. The smallest absolute Gasteiger partial charge is 0.0945 e. The molecule has 0 aliphatic heterocycles. The third kappa shape index (κ3) is 6.76. The zero-order valence-corrected chi connectivity index (χ0v) is 13.9. The van der Waals surface area contributed by atoms with E-state index >= 15 is 0 Å². The van der Waals surface area contributed by atoms with Crippen LogP contribution in [0.15, 0.2) is 18.2 Å². The minimum absolute atomic E-state index is 0.0264. The minimum atomic E-state index is -0.588. The molecule has 1 aromatic rings. The number of hydrogen-bond donors (Lipinski definition) is 2. The molecule has 0 saturated heterocycles. The van der Waals surface area contributed by atoms with Gasteiger partial charge >= 0.3 is 0 Å². The number of aliphatic hydroxyl groups is 1. The van der Waals surface area contributed by atoms with Crippen LogP contribution in [0.25, 0.3) is 0 Å². The molecule has 0 saturated carbocycles. The van der Waals surface area contributed by atoms with Crippen molar-refractivity contribution in [2.45, 2.75) is 19.1 Å². The number of halogens is 2. The molecule has 0 bridgehead atoms. The Morgan fingerprint density at radius 2 is 2.16 bits per heavy atom. The van der Waals surface area contributed by atoms with Crippen LogP contribution < -0.4 is 5.32 Å². The van der Waals surface area contributed by atoms with Crippen LogP contribution in [-0.2, 0) is 9.47 Å². The summed E-state index contributed by atoms with van der Waals surface area (Å²) >= 11 is 8.28. The number of anilines is 1. The molecule has 0 aliphatic rings. The van der Waals surface area contributed by atoms with Crippen LogP contribution in [0, 0.1) is 3.57 Å². The van der Waals surface area contributed by atoms with Crippen LogP contribution in [0.2, 0.25) is 5.02 Å². The zero-order valence-electron chi connectivity index (χ0n) is 11.0. The summed E-state index contributed by atoms with van der Waals surface area (Å²) in [5.41, 5.74) is 0.811. The normalized spacial score (nSPS) is 14.2. The van der Waals surface area contributed by atoms with Gasteiger partial charge in [-0.25, -0.2) is 0 Å². The Kier molecular flexibility index (Phi) is 8.01. The van der Waals surface area contributed by atoms with Crippen molar-refractivity contribution in [3.8, 4) is 0 Å². The van der Waals surface area contributed by atoms with Crippen LogP contribution in [0.3, 0.4) is 0 Å². The summed E-state index contributed by atoms with van der Waals surface area (Å²) in [7, 11) is 1.62. The summed E-state index contributed by atoms with van der Waals surface area (Å²) in [6.45, 7) is 3.07. The van der Waals surface area contributed by atoms with E-state index in [1.165, 1.54) is 0 Å². The van der Waals surface area contributed by atoms with Crippen molar-refractivity contribution >= 4 is 39.9 Å². The Hall–Kier alpha value is -0.0800. The van der Waals surface area contributed by atoms with E-state index in [-0.39, 0.29) is 12.7 Å². The SMILES string of the molecule is COCC(C)OCC(O)CNc1ccc(I)cc1Cl. The van der Waals surface area contributed by atoms with Gasteiger partial charge in [0.25, 0.3) is 0 Å². The molecule has 0 spiro atoms. The highest BCUT2D eigenvalue weighted by Crippen LogP contribution is 2.23. The maximum atomic E-state index is 9.80. The molecule has 2 unspecified atom stereocenters. The van der Waals surface area contributed by atoms with Crippen LogP contribution >= 0.6 is 34.2 Å². The van der Waals surface area contributed by atoms with Crippen LogP contribution in [0.4, 0.5) is 5.69 Å². The predicted molar refractivity (Wildman–Crippen MR) is 86.0 cm³/mol. The Bertz CT molecular complexity index is 392. The number of rotatable bonds is 8. The lowest BCUT2D eigenvalue weighted by molar-refractivity contribution is -0.0282. The largest absolute Gasteiger partial charge is 0.389 e. The summed E-state index contributed by atoms with van der Waals surface area (Å²) in [4.78, 5) is 0. The third-order valence-corrected chi connectivity index (χ3v) is 3.42. The molecule has 2 atom stereocenters. The summed E-state index contributed by atoms with van der Waals surface area (Å²) in [5, 5.41) is 13.5. The van der Waals surface area contributed by atoms with Gasteiger partial charge in [-0.2, -0.15) is 0 Å². The van der Waals surface area contributed by atoms with Crippen molar-refractivity contribution in [3.63, 3.8) is 0 Å². The van der Waals surface area contributed by atoms with E-state index in [0.717, 1.165) is 9.26 Å².